The van der Waals surface area contributed by atoms with E-state index in [1.165, 1.54) is 10.9 Å². The van der Waals surface area contributed by atoms with E-state index < -0.39 is 17.9 Å². The Morgan fingerprint density at radius 2 is 2.22 bits per heavy atom. The minimum Gasteiger partial charge on any atom is -0.480 e. The Balaban J connectivity index is 2.71. The molecule has 0 saturated carbocycles. The molecule has 1 unspecified atom stereocenters. The highest BCUT2D eigenvalue weighted by atomic mass is 16.4. The van der Waals surface area contributed by atoms with E-state index >= 15 is 0 Å². The Morgan fingerprint density at radius 1 is 1.56 bits per heavy atom. The zero-order valence-corrected chi connectivity index (χ0v) is 10.3. The number of carbonyl (C=O) groups excluding carboxylic acids is 1. The number of nitrogens with one attached hydrogen (secondary N) is 1. The largest absolute Gasteiger partial charge is 0.480 e. The van der Waals surface area contributed by atoms with E-state index in [0.717, 1.165) is 0 Å². The Labute approximate surface area is 104 Å². The summed E-state index contributed by atoms with van der Waals surface area (Å²) in [5.74, 6) is -1.85. The van der Waals surface area contributed by atoms with Gasteiger partial charge in [-0.15, -0.1) is 5.10 Å². The minimum absolute atomic E-state index is 0.0790. The van der Waals surface area contributed by atoms with Crippen LogP contribution in [0.25, 0.3) is 0 Å². The molecule has 0 saturated heterocycles. The zero-order chi connectivity index (χ0) is 13.7. The van der Waals surface area contributed by atoms with Crippen LogP contribution in [-0.4, -0.2) is 44.6 Å². The molecule has 1 atom stereocenters. The Kier molecular flexibility index (Phi) is 4.78. The second-order valence-electron chi connectivity index (χ2n) is 4.19. The first-order valence-electron chi connectivity index (χ1n) is 5.59. The molecule has 1 aromatic heterocycles. The number of nitrogens with zero attached hydrogens (tertiary/aromatic N) is 3. The molecule has 0 aromatic carbocycles. The van der Waals surface area contributed by atoms with E-state index in [9.17, 15) is 9.59 Å². The van der Waals surface area contributed by atoms with Crippen LogP contribution in [0.4, 0.5) is 0 Å². The average Bonchev–Trinajstić information content (AvgIpc) is 2.73. The maximum Gasteiger partial charge on any atom is 0.326 e. The summed E-state index contributed by atoms with van der Waals surface area (Å²) >= 11 is 0. The van der Waals surface area contributed by atoms with Gasteiger partial charge in [0.05, 0.1) is 12.7 Å². The number of aliphatic carboxylic acids is 1. The van der Waals surface area contributed by atoms with Crippen molar-refractivity contribution in [2.75, 3.05) is 6.54 Å². The quantitative estimate of drug-likeness (QED) is 0.603. The molecule has 0 aliphatic carbocycles. The molecule has 18 heavy (non-hydrogen) atoms. The van der Waals surface area contributed by atoms with Crippen LogP contribution in [0.2, 0.25) is 0 Å². The third-order valence-corrected chi connectivity index (χ3v) is 2.35. The highest BCUT2D eigenvalue weighted by Crippen LogP contribution is 2.03. The lowest BCUT2D eigenvalue weighted by molar-refractivity contribution is -0.140. The number of hydrogen-bond donors (Lipinski definition) is 3. The van der Waals surface area contributed by atoms with E-state index in [-0.39, 0.29) is 11.6 Å². The Morgan fingerprint density at radius 3 is 2.72 bits per heavy atom. The smallest absolute Gasteiger partial charge is 0.326 e. The summed E-state index contributed by atoms with van der Waals surface area (Å²) in [6.45, 7) is 4.26. The molecule has 0 spiro atoms. The maximum absolute atomic E-state index is 11.8. The lowest BCUT2D eigenvalue weighted by atomic mass is 10.0. The second-order valence-corrected chi connectivity index (χ2v) is 4.19. The number of carbonyl (C=O) groups is 2. The molecule has 1 heterocycles. The first kappa shape index (κ1) is 14.1. The number of carboxylic acids is 1. The molecule has 0 radical (unpaired) electrons. The van der Waals surface area contributed by atoms with Gasteiger partial charge < -0.3 is 16.2 Å². The van der Waals surface area contributed by atoms with Crippen LogP contribution < -0.4 is 11.1 Å². The van der Waals surface area contributed by atoms with Crippen molar-refractivity contribution in [3.05, 3.63) is 11.9 Å². The first-order chi connectivity index (χ1) is 8.45. The first-order valence-corrected chi connectivity index (χ1v) is 5.59. The second kappa shape index (κ2) is 6.10. The SMILES string of the molecule is CC(C)C(NC(=O)c1cn(CCN)nn1)C(=O)O. The lowest BCUT2D eigenvalue weighted by Gasteiger charge is -2.16. The van der Waals surface area contributed by atoms with Crippen molar-refractivity contribution in [2.45, 2.75) is 26.4 Å². The molecule has 4 N–H and O–H groups in total. The summed E-state index contributed by atoms with van der Waals surface area (Å²) in [6, 6.07) is -0.947. The summed E-state index contributed by atoms with van der Waals surface area (Å²) in [5.41, 5.74) is 5.42. The van der Waals surface area contributed by atoms with Crippen LogP contribution >= 0.6 is 0 Å². The Bertz CT molecular complexity index is 429. The van der Waals surface area contributed by atoms with E-state index in [0.29, 0.717) is 13.1 Å². The van der Waals surface area contributed by atoms with Gasteiger partial charge in [-0.05, 0) is 5.92 Å². The van der Waals surface area contributed by atoms with Crippen molar-refractivity contribution in [1.82, 2.24) is 20.3 Å². The molecule has 1 amide bonds. The van der Waals surface area contributed by atoms with Crippen LogP contribution in [0.1, 0.15) is 24.3 Å². The topological polar surface area (TPSA) is 123 Å². The third kappa shape index (κ3) is 3.52. The summed E-state index contributed by atoms with van der Waals surface area (Å²) in [6.07, 6.45) is 1.43. The van der Waals surface area contributed by atoms with Crippen LogP contribution in [-0.2, 0) is 11.3 Å². The summed E-state index contributed by atoms with van der Waals surface area (Å²) in [5, 5.41) is 18.7. The minimum atomic E-state index is -1.08. The van der Waals surface area contributed by atoms with Gasteiger partial charge in [0.25, 0.3) is 5.91 Å². The van der Waals surface area contributed by atoms with Gasteiger partial charge in [0.15, 0.2) is 5.69 Å². The van der Waals surface area contributed by atoms with Crippen molar-refractivity contribution >= 4 is 11.9 Å². The number of amides is 1. The van der Waals surface area contributed by atoms with Gasteiger partial charge in [-0.3, -0.25) is 9.48 Å². The van der Waals surface area contributed by atoms with Crippen molar-refractivity contribution in [3.8, 4) is 0 Å². The zero-order valence-electron chi connectivity index (χ0n) is 10.3. The summed E-state index contributed by atoms with van der Waals surface area (Å²) < 4.78 is 1.43. The molecule has 0 fully saturated rings. The molecule has 1 rings (SSSR count). The van der Waals surface area contributed by atoms with E-state index in [4.69, 9.17) is 10.8 Å². The van der Waals surface area contributed by atoms with Crippen LogP contribution in [0.3, 0.4) is 0 Å². The van der Waals surface area contributed by atoms with Gasteiger partial charge in [-0.25, -0.2) is 4.79 Å². The van der Waals surface area contributed by atoms with E-state index in [1.807, 2.05) is 0 Å². The molecule has 1 aromatic rings. The number of hydrogen-bond acceptors (Lipinski definition) is 5. The normalized spacial score (nSPS) is 12.4. The predicted molar refractivity (Wildman–Crippen MR) is 62.8 cm³/mol. The molecule has 100 valence electrons. The number of nitrogens with two attached hydrogens (primary N) is 1. The van der Waals surface area contributed by atoms with Crippen molar-refractivity contribution in [1.29, 1.82) is 0 Å². The maximum atomic E-state index is 11.8. The van der Waals surface area contributed by atoms with Gasteiger partial charge in [-0.2, -0.15) is 0 Å². The average molecular weight is 255 g/mol. The van der Waals surface area contributed by atoms with Crippen LogP contribution in [0.15, 0.2) is 6.20 Å². The fraction of sp³-hybridized carbons (Fsp3) is 0.600. The molecular formula is C10H17N5O3. The summed E-state index contributed by atoms with van der Waals surface area (Å²) in [7, 11) is 0. The van der Waals surface area contributed by atoms with Crippen LogP contribution in [0, 0.1) is 5.92 Å². The molecule has 0 aliphatic rings. The molecule has 8 heteroatoms. The standard InChI is InChI=1S/C10H17N5O3/c1-6(2)8(10(17)18)12-9(16)7-5-15(4-3-11)14-13-7/h5-6,8H,3-4,11H2,1-2H3,(H,12,16)(H,17,18). The van der Waals surface area contributed by atoms with Gasteiger partial charge in [0.2, 0.25) is 0 Å². The lowest BCUT2D eigenvalue weighted by Crippen LogP contribution is -2.44. The number of carboxylic acid groups (broad SMARTS) is 1. The van der Waals surface area contributed by atoms with Gasteiger partial charge >= 0.3 is 5.97 Å². The van der Waals surface area contributed by atoms with Crippen molar-refractivity contribution in [3.63, 3.8) is 0 Å². The van der Waals surface area contributed by atoms with Gasteiger partial charge in [0.1, 0.15) is 6.04 Å². The van der Waals surface area contributed by atoms with Gasteiger partial charge in [-0.1, -0.05) is 19.1 Å². The fourth-order valence-corrected chi connectivity index (χ4v) is 1.37. The monoisotopic (exact) mass is 255 g/mol. The van der Waals surface area contributed by atoms with Gasteiger partial charge in [0, 0.05) is 6.54 Å². The molecule has 0 bridgehead atoms. The highest BCUT2D eigenvalue weighted by molar-refractivity contribution is 5.94. The number of aromatic nitrogens is 3. The van der Waals surface area contributed by atoms with E-state index in [1.54, 1.807) is 13.8 Å². The number of rotatable bonds is 6. The fourth-order valence-electron chi connectivity index (χ4n) is 1.37. The highest BCUT2D eigenvalue weighted by Gasteiger charge is 2.25. The summed E-state index contributed by atoms with van der Waals surface area (Å²) in [4.78, 5) is 22.7. The van der Waals surface area contributed by atoms with Crippen molar-refractivity contribution < 1.29 is 14.7 Å². The van der Waals surface area contributed by atoms with E-state index in [2.05, 4.69) is 15.6 Å². The molecule has 8 nitrogen and oxygen atoms in total. The molecule has 0 aliphatic heterocycles. The molecular weight excluding hydrogens is 238 g/mol. The predicted octanol–water partition coefficient (Wildman–Crippen LogP) is -0.924. The third-order valence-electron chi connectivity index (χ3n) is 2.35. The Hall–Kier alpha value is -1.96. The van der Waals surface area contributed by atoms with Crippen LogP contribution in [0.5, 0.6) is 0 Å². The van der Waals surface area contributed by atoms with Crippen molar-refractivity contribution in [2.24, 2.45) is 11.7 Å².